The third-order valence-corrected chi connectivity index (χ3v) is 5.15. The number of nitrogens with zero attached hydrogens (tertiary/aromatic N) is 5. The summed E-state index contributed by atoms with van der Waals surface area (Å²) in [4.78, 5) is 21.1. The summed E-state index contributed by atoms with van der Waals surface area (Å²) in [5, 5.41) is 4.58. The fraction of sp³-hybridized carbons (Fsp3) is 0.217. The lowest BCUT2D eigenvalue weighted by Gasteiger charge is -2.13. The van der Waals surface area contributed by atoms with Gasteiger partial charge in [-0.05, 0) is 18.1 Å². The van der Waals surface area contributed by atoms with Gasteiger partial charge in [0.2, 0.25) is 0 Å². The Morgan fingerprint density at radius 3 is 2.38 bits per heavy atom. The number of hydrogen-bond acceptors (Lipinski definition) is 4. The molecule has 0 fully saturated rings. The summed E-state index contributed by atoms with van der Waals surface area (Å²) in [6.45, 7) is 4.13. The van der Waals surface area contributed by atoms with Crippen LogP contribution < -0.4 is 5.56 Å². The van der Waals surface area contributed by atoms with Crippen LogP contribution in [0.3, 0.4) is 0 Å². The lowest BCUT2D eigenvalue weighted by Crippen LogP contribution is -2.15. The van der Waals surface area contributed by atoms with Gasteiger partial charge in [-0.3, -0.25) is 9.48 Å². The quantitative estimate of drug-likeness (QED) is 0.523. The molecule has 146 valence electrons. The second kappa shape index (κ2) is 7.83. The Morgan fingerprint density at radius 1 is 0.966 bits per heavy atom. The average Bonchev–Trinajstić information content (AvgIpc) is 3.25. The molecule has 3 heterocycles. The third-order valence-electron chi connectivity index (χ3n) is 5.15. The second-order valence-corrected chi connectivity index (χ2v) is 7.09. The average molecular weight is 385 g/mol. The Hall–Kier alpha value is -3.54. The van der Waals surface area contributed by atoms with E-state index in [2.05, 4.69) is 34.1 Å². The SMILES string of the molecule is CCc1ncc(-c2cc(=O)n(C)cc2-c2cnn(C(C)c3ccccc3)c2)cn1. The minimum absolute atomic E-state index is 0.0756. The van der Waals surface area contributed by atoms with Crippen LogP contribution in [0, 0.1) is 0 Å². The van der Waals surface area contributed by atoms with E-state index in [1.54, 1.807) is 30.1 Å². The largest absolute Gasteiger partial charge is 0.318 e. The van der Waals surface area contributed by atoms with E-state index in [9.17, 15) is 4.79 Å². The molecule has 0 N–H and O–H groups in total. The number of hydrogen-bond donors (Lipinski definition) is 0. The summed E-state index contributed by atoms with van der Waals surface area (Å²) in [5.41, 5.74) is 4.60. The fourth-order valence-electron chi connectivity index (χ4n) is 3.35. The van der Waals surface area contributed by atoms with Gasteiger partial charge in [-0.25, -0.2) is 9.97 Å². The van der Waals surface area contributed by atoms with Crippen molar-refractivity contribution in [1.82, 2.24) is 24.3 Å². The molecule has 0 aliphatic rings. The Bertz CT molecular complexity index is 1180. The van der Waals surface area contributed by atoms with Crippen LogP contribution in [0.2, 0.25) is 0 Å². The molecule has 6 nitrogen and oxygen atoms in total. The first kappa shape index (κ1) is 18.8. The number of aryl methyl sites for hydroxylation is 2. The molecule has 1 atom stereocenters. The van der Waals surface area contributed by atoms with Crippen molar-refractivity contribution in [2.75, 3.05) is 0 Å². The van der Waals surface area contributed by atoms with Crippen LogP contribution in [0.15, 0.2) is 72.2 Å². The van der Waals surface area contributed by atoms with Gasteiger partial charge in [0.1, 0.15) is 5.82 Å². The highest BCUT2D eigenvalue weighted by atomic mass is 16.1. The smallest absolute Gasteiger partial charge is 0.250 e. The van der Waals surface area contributed by atoms with Gasteiger partial charge < -0.3 is 4.57 Å². The van der Waals surface area contributed by atoms with Crippen molar-refractivity contribution in [2.24, 2.45) is 7.05 Å². The zero-order chi connectivity index (χ0) is 20.4. The van der Waals surface area contributed by atoms with Crippen molar-refractivity contribution in [1.29, 1.82) is 0 Å². The van der Waals surface area contributed by atoms with E-state index < -0.39 is 0 Å². The van der Waals surface area contributed by atoms with Crippen molar-refractivity contribution in [2.45, 2.75) is 26.3 Å². The molecule has 0 saturated heterocycles. The van der Waals surface area contributed by atoms with Crippen LogP contribution in [0.4, 0.5) is 0 Å². The maximum absolute atomic E-state index is 12.3. The molecule has 0 bridgehead atoms. The highest BCUT2D eigenvalue weighted by molar-refractivity contribution is 5.81. The Balaban J connectivity index is 1.78. The molecule has 29 heavy (non-hydrogen) atoms. The van der Waals surface area contributed by atoms with Crippen LogP contribution in [0.5, 0.6) is 0 Å². The van der Waals surface area contributed by atoms with E-state index in [1.807, 2.05) is 48.4 Å². The standard InChI is InChI=1S/C23H23N5O/c1-4-22-24-11-18(12-25-22)20-10-23(29)27(3)15-21(20)19-13-26-28(14-19)16(2)17-8-6-5-7-9-17/h5-16H,4H2,1-3H3. The molecular weight excluding hydrogens is 362 g/mol. The van der Waals surface area contributed by atoms with Gasteiger partial charge in [-0.2, -0.15) is 5.10 Å². The molecule has 0 spiro atoms. The lowest BCUT2D eigenvalue weighted by molar-refractivity contribution is 0.565. The zero-order valence-electron chi connectivity index (χ0n) is 16.8. The summed E-state index contributed by atoms with van der Waals surface area (Å²) in [6.07, 6.45) is 10.0. The van der Waals surface area contributed by atoms with E-state index in [-0.39, 0.29) is 11.6 Å². The second-order valence-electron chi connectivity index (χ2n) is 7.09. The number of aromatic nitrogens is 5. The van der Waals surface area contributed by atoms with Gasteiger partial charge in [-0.15, -0.1) is 0 Å². The molecule has 0 radical (unpaired) electrons. The van der Waals surface area contributed by atoms with Gasteiger partial charge in [0.25, 0.3) is 5.56 Å². The minimum atomic E-state index is -0.0756. The molecule has 1 unspecified atom stereocenters. The predicted octanol–water partition coefficient (Wildman–Crippen LogP) is 3.88. The van der Waals surface area contributed by atoms with Crippen LogP contribution in [0.1, 0.15) is 31.3 Å². The topological polar surface area (TPSA) is 65.6 Å². The molecule has 3 aromatic heterocycles. The fourth-order valence-corrected chi connectivity index (χ4v) is 3.35. The predicted molar refractivity (Wildman–Crippen MR) is 114 cm³/mol. The van der Waals surface area contributed by atoms with Crippen molar-refractivity contribution in [3.8, 4) is 22.3 Å². The van der Waals surface area contributed by atoms with E-state index >= 15 is 0 Å². The molecule has 0 amide bonds. The van der Waals surface area contributed by atoms with E-state index in [1.165, 1.54) is 5.56 Å². The van der Waals surface area contributed by atoms with Crippen molar-refractivity contribution in [3.63, 3.8) is 0 Å². The highest BCUT2D eigenvalue weighted by Crippen LogP contribution is 2.31. The van der Waals surface area contributed by atoms with Crippen LogP contribution in [0.25, 0.3) is 22.3 Å². The molecule has 4 rings (SSSR count). The van der Waals surface area contributed by atoms with Gasteiger partial charge in [0, 0.05) is 61.0 Å². The number of rotatable bonds is 5. The monoisotopic (exact) mass is 385 g/mol. The summed E-state index contributed by atoms with van der Waals surface area (Å²) < 4.78 is 3.52. The third kappa shape index (κ3) is 3.74. The van der Waals surface area contributed by atoms with Crippen LogP contribution in [-0.4, -0.2) is 24.3 Å². The minimum Gasteiger partial charge on any atom is -0.318 e. The Kier molecular flexibility index (Phi) is 5.08. The van der Waals surface area contributed by atoms with Crippen molar-refractivity contribution >= 4 is 0 Å². The summed E-state index contributed by atoms with van der Waals surface area (Å²) in [7, 11) is 1.75. The summed E-state index contributed by atoms with van der Waals surface area (Å²) in [5.74, 6) is 0.781. The van der Waals surface area contributed by atoms with Gasteiger partial charge in [0.05, 0.1) is 12.2 Å². The highest BCUT2D eigenvalue weighted by Gasteiger charge is 2.15. The maximum Gasteiger partial charge on any atom is 0.250 e. The molecule has 0 aliphatic carbocycles. The van der Waals surface area contributed by atoms with Gasteiger partial charge in [-0.1, -0.05) is 37.3 Å². The Morgan fingerprint density at radius 2 is 1.69 bits per heavy atom. The molecule has 4 aromatic rings. The normalized spacial score (nSPS) is 12.1. The summed E-state index contributed by atoms with van der Waals surface area (Å²) >= 11 is 0. The van der Waals surface area contributed by atoms with E-state index in [4.69, 9.17) is 0 Å². The molecule has 0 aliphatic heterocycles. The zero-order valence-corrected chi connectivity index (χ0v) is 16.8. The van der Waals surface area contributed by atoms with Gasteiger partial charge in [0.15, 0.2) is 0 Å². The maximum atomic E-state index is 12.3. The number of benzene rings is 1. The van der Waals surface area contributed by atoms with Crippen LogP contribution in [-0.2, 0) is 13.5 Å². The Labute approximate surface area is 169 Å². The van der Waals surface area contributed by atoms with E-state index in [0.717, 1.165) is 34.5 Å². The first-order valence-electron chi connectivity index (χ1n) is 9.68. The van der Waals surface area contributed by atoms with E-state index in [0.29, 0.717) is 0 Å². The lowest BCUT2D eigenvalue weighted by atomic mass is 10.0. The molecule has 1 aromatic carbocycles. The molecule has 0 saturated carbocycles. The summed E-state index contributed by atoms with van der Waals surface area (Å²) in [6, 6.07) is 12.0. The first-order valence-corrected chi connectivity index (χ1v) is 9.68. The number of pyridine rings is 1. The van der Waals surface area contributed by atoms with Crippen molar-refractivity contribution in [3.05, 3.63) is 89.1 Å². The van der Waals surface area contributed by atoms with Crippen LogP contribution >= 0.6 is 0 Å². The first-order chi connectivity index (χ1) is 14.1. The van der Waals surface area contributed by atoms with Gasteiger partial charge >= 0.3 is 0 Å². The molecular formula is C23H23N5O. The van der Waals surface area contributed by atoms with Crippen molar-refractivity contribution < 1.29 is 0 Å². The molecule has 6 heteroatoms.